The lowest BCUT2D eigenvalue weighted by Gasteiger charge is -2.25. The van der Waals surface area contributed by atoms with Crippen molar-refractivity contribution < 1.29 is 4.79 Å². The Kier molecular flexibility index (Phi) is 4.72. The van der Waals surface area contributed by atoms with Crippen LogP contribution in [0, 0.1) is 0 Å². The number of nitrogens with zero attached hydrogens (tertiary/aromatic N) is 3. The van der Waals surface area contributed by atoms with Gasteiger partial charge in [0.1, 0.15) is 6.04 Å². The third-order valence-electron chi connectivity index (χ3n) is 3.90. The van der Waals surface area contributed by atoms with Gasteiger partial charge in [-0.25, -0.2) is 4.68 Å². The number of hydrogen-bond acceptors (Lipinski definition) is 3. The predicted molar refractivity (Wildman–Crippen MR) is 93.4 cm³/mol. The average Bonchev–Trinajstić information content (AvgIpc) is 3.05. The maximum Gasteiger partial charge on any atom is 0.239 e. The molecule has 1 amide bonds. The normalized spacial score (nSPS) is 12.2. The van der Waals surface area contributed by atoms with Crippen molar-refractivity contribution in [3.8, 4) is 5.69 Å². The van der Waals surface area contributed by atoms with Gasteiger partial charge in [0.25, 0.3) is 0 Å². The van der Waals surface area contributed by atoms with Crippen LogP contribution in [-0.2, 0) is 11.3 Å². The lowest BCUT2D eigenvalue weighted by Crippen LogP contribution is -2.35. The Morgan fingerprint density at radius 1 is 1.08 bits per heavy atom. The molecule has 0 spiro atoms. The van der Waals surface area contributed by atoms with Crippen molar-refractivity contribution in [2.24, 2.45) is 5.73 Å². The van der Waals surface area contributed by atoms with Crippen molar-refractivity contribution in [3.63, 3.8) is 0 Å². The Bertz CT molecular complexity index is 799. The van der Waals surface area contributed by atoms with E-state index in [2.05, 4.69) is 5.10 Å². The molecule has 0 saturated heterocycles. The number of primary amides is 1. The summed E-state index contributed by atoms with van der Waals surface area (Å²) < 4.78 is 1.82. The molecule has 1 heterocycles. The predicted octanol–water partition coefficient (Wildman–Crippen LogP) is 2.53. The van der Waals surface area contributed by atoms with Crippen LogP contribution in [0.15, 0.2) is 72.9 Å². The fraction of sp³-hybridized carbons (Fsp3) is 0.158. The van der Waals surface area contributed by atoms with Crippen LogP contribution in [0.3, 0.4) is 0 Å². The molecule has 24 heavy (non-hydrogen) atoms. The maximum absolute atomic E-state index is 11.9. The van der Waals surface area contributed by atoms with E-state index in [-0.39, 0.29) is 5.91 Å². The second-order valence-electron chi connectivity index (χ2n) is 5.72. The number of nitrogens with two attached hydrogens (primary N) is 1. The van der Waals surface area contributed by atoms with E-state index in [1.807, 2.05) is 89.6 Å². The molecular weight excluding hydrogens is 300 g/mol. The summed E-state index contributed by atoms with van der Waals surface area (Å²) in [7, 11) is 1.88. The summed E-state index contributed by atoms with van der Waals surface area (Å²) in [5.74, 6) is -0.369. The van der Waals surface area contributed by atoms with Crippen LogP contribution in [0.25, 0.3) is 5.69 Å². The second kappa shape index (κ2) is 7.10. The van der Waals surface area contributed by atoms with Crippen molar-refractivity contribution in [3.05, 3.63) is 84.2 Å². The zero-order valence-corrected chi connectivity index (χ0v) is 13.5. The van der Waals surface area contributed by atoms with Gasteiger partial charge in [-0.05, 0) is 30.8 Å². The minimum Gasteiger partial charge on any atom is -0.368 e. The van der Waals surface area contributed by atoms with Gasteiger partial charge in [0.15, 0.2) is 0 Å². The SMILES string of the molecule is CN(Cc1ccn(-c2ccccc2)n1)C(C(N)=O)c1ccccc1. The zero-order valence-electron chi connectivity index (χ0n) is 13.5. The quantitative estimate of drug-likeness (QED) is 0.759. The smallest absolute Gasteiger partial charge is 0.239 e. The van der Waals surface area contributed by atoms with Crippen LogP contribution in [0.5, 0.6) is 0 Å². The molecule has 1 unspecified atom stereocenters. The molecule has 2 N–H and O–H groups in total. The number of para-hydroxylation sites is 1. The summed E-state index contributed by atoms with van der Waals surface area (Å²) >= 11 is 0. The Balaban J connectivity index is 1.77. The molecule has 5 nitrogen and oxygen atoms in total. The third kappa shape index (κ3) is 3.52. The third-order valence-corrected chi connectivity index (χ3v) is 3.90. The molecule has 3 rings (SSSR count). The van der Waals surface area contributed by atoms with Gasteiger partial charge >= 0.3 is 0 Å². The Morgan fingerprint density at radius 3 is 2.33 bits per heavy atom. The van der Waals surface area contributed by atoms with Crippen LogP contribution in [-0.4, -0.2) is 27.6 Å². The van der Waals surface area contributed by atoms with E-state index >= 15 is 0 Å². The summed E-state index contributed by atoms with van der Waals surface area (Å²) in [6.07, 6.45) is 1.92. The summed E-state index contributed by atoms with van der Waals surface area (Å²) in [4.78, 5) is 13.8. The number of benzene rings is 2. The van der Waals surface area contributed by atoms with Crippen molar-refractivity contribution >= 4 is 5.91 Å². The van der Waals surface area contributed by atoms with Gasteiger partial charge in [0.05, 0.1) is 11.4 Å². The molecule has 0 fully saturated rings. The van der Waals surface area contributed by atoms with E-state index in [4.69, 9.17) is 5.73 Å². The maximum atomic E-state index is 11.9. The van der Waals surface area contributed by atoms with Crippen molar-refractivity contribution in [1.29, 1.82) is 0 Å². The first-order chi connectivity index (χ1) is 11.6. The van der Waals surface area contributed by atoms with E-state index in [0.29, 0.717) is 6.54 Å². The summed E-state index contributed by atoms with van der Waals surface area (Å²) in [6, 6.07) is 20.9. The zero-order chi connectivity index (χ0) is 16.9. The van der Waals surface area contributed by atoms with Gasteiger partial charge in [-0.1, -0.05) is 48.5 Å². The topological polar surface area (TPSA) is 64.2 Å². The molecule has 1 aromatic heterocycles. The highest BCUT2D eigenvalue weighted by atomic mass is 16.1. The van der Waals surface area contributed by atoms with E-state index in [1.165, 1.54) is 0 Å². The van der Waals surface area contributed by atoms with E-state index < -0.39 is 6.04 Å². The molecule has 0 saturated carbocycles. The number of likely N-dealkylation sites (N-methyl/N-ethyl adjacent to an activating group) is 1. The minimum atomic E-state index is -0.479. The monoisotopic (exact) mass is 320 g/mol. The van der Waals surface area contributed by atoms with Gasteiger partial charge in [0, 0.05) is 12.7 Å². The van der Waals surface area contributed by atoms with Crippen molar-refractivity contribution in [1.82, 2.24) is 14.7 Å². The largest absolute Gasteiger partial charge is 0.368 e. The number of carbonyl (C=O) groups excluding carboxylic acids is 1. The molecule has 1 atom stereocenters. The molecule has 3 aromatic rings. The minimum absolute atomic E-state index is 0.369. The average molecular weight is 320 g/mol. The molecule has 0 aliphatic rings. The lowest BCUT2D eigenvalue weighted by molar-refractivity contribution is -0.123. The molecule has 2 aromatic carbocycles. The highest BCUT2D eigenvalue weighted by Crippen LogP contribution is 2.20. The summed E-state index contributed by atoms with van der Waals surface area (Å²) in [5.41, 5.74) is 8.38. The van der Waals surface area contributed by atoms with Crippen molar-refractivity contribution in [2.75, 3.05) is 7.05 Å². The number of hydrogen-bond donors (Lipinski definition) is 1. The van der Waals surface area contributed by atoms with Gasteiger partial charge in [-0.2, -0.15) is 5.10 Å². The van der Waals surface area contributed by atoms with Gasteiger partial charge < -0.3 is 5.73 Å². The standard InChI is InChI=1S/C19H20N4O/c1-22(18(19(20)24)15-8-4-2-5-9-15)14-16-12-13-23(21-16)17-10-6-3-7-11-17/h2-13,18H,14H2,1H3,(H2,20,24). The second-order valence-corrected chi connectivity index (χ2v) is 5.72. The molecule has 0 aliphatic heterocycles. The van der Waals surface area contributed by atoms with Gasteiger partial charge in [0.2, 0.25) is 5.91 Å². The molecule has 0 aliphatic carbocycles. The number of rotatable bonds is 6. The van der Waals surface area contributed by atoms with Crippen LogP contribution in [0.1, 0.15) is 17.3 Å². The van der Waals surface area contributed by atoms with Gasteiger partial charge in [-0.15, -0.1) is 0 Å². The molecule has 0 bridgehead atoms. The Labute approximate surface area is 141 Å². The van der Waals surface area contributed by atoms with E-state index in [9.17, 15) is 4.79 Å². The van der Waals surface area contributed by atoms with Crippen LogP contribution >= 0.6 is 0 Å². The Hall–Kier alpha value is -2.92. The number of aromatic nitrogens is 2. The summed E-state index contributed by atoms with van der Waals surface area (Å²) in [6.45, 7) is 0.530. The van der Waals surface area contributed by atoms with Crippen LogP contribution in [0.4, 0.5) is 0 Å². The fourth-order valence-corrected chi connectivity index (χ4v) is 2.79. The first-order valence-corrected chi connectivity index (χ1v) is 7.79. The molecule has 0 radical (unpaired) electrons. The van der Waals surface area contributed by atoms with Crippen LogP contribution in [0.2, 0.25) is 0 Å². The molecule has 122 valence electrons. The molecular formula is C19H20N4O. The Morgan fingerprint density at radius 2 is 1.71 bits per heavy atom. The molecule has 5 heteroatoms. The first-order valence-electron chi connectivity index (χ1n) is 7.79. The lowest BCUT2D eigenvalue weighted by atomic mass is 10.1. The highest BCUT2D eigenvalue weighted by molar-refractivity contribution is 5.81. The van der Waals surface area contributed by atoms with E-state index in [1.54, 1.807) is 0 Å². The fourth-order valence-electron chi connectivity index (χ4n) is 2.79. The highest BCUT2D eigenvalue weighted by Gasteiger charge is 2.23. The van der Waals surface area contributed by atoms with Crippen LogP contribution < -0.4 is 5.73 Å². The van der Waals surface area contributed by atoms with E-state index in [0.717, 1.165) is 16.9 Å². The number of carbonyl (C=O) groups is 1. The first kappa shape index (κ1) is 16.0. The number of amides is 1. The summed E-state index contributed by atoms with van der Waals surface area (Å²) in [5, 5.41) is 4.58. The van der Waals surface area contributed by atoms with Crippen molar-refractivity contribution in [2.45, 2.75) is 12.6 Å². The van der Waals surface area contributed by atoms with Gasteiger partial charge in [-0.3, -0.25) is 9.69 Å².